The molecule has 1 aromatic carbocycles. The predicted molar refractivity (Wildman–Crippen MR) is 73.5 cm³/mol. The summed E-state index contributed by atoms with van der Waals surface area (Å²) in [6, 6.07) is 5.63. The third kappa shape index (κ3) is 2.82. The third-order valence-electron chi connectivity index (χ3n) is 3.27. The summed E-state index contributed by atoms with van der Waals surface area (Å²) in [6.07, 6.45) is -0.0346. The van der Waals surface area contributed by atoms with Gasteiger partial charge in [0.2, 0.25) is 11.8 Å². The SMILES string of the molecule is NC(=O)C1CC(=O)N(C(C(=O)O)c2cccc(Br)c2)C1. The Labute approximate surface area is 123 Å². The van der Waals surface area contributed by atoms with Crippen molar-refractivity contribution in [3.63, 3.8) is 0 Å². The molecule has 0 aromatic heterocycles. The number of aliphatic carboxylic acids is 1. The van der Waals surface area contributed by atoms with E-state index in [-0.39, 0.29) is 18.9 Å². The largest absolute Gasteiger partial charge is 0.479 e. The lowest BCUT2D eigenvalue weighted by atomic mass is 10.1. The lowest BCUT2D eigenvalue weighted by Gasteiger charge is -2.25. The molecule has 0 bridgehead atoms. The summed E-state index contributed by atoms with van der Waals surface area (Å²) in [4.78, 5) is 35.8. The van der Waals surface area contributed by atoms with Crippen LogP contribution in [0.5, 0.6) is 0 Å². The zero-order valence-electron chi connectivity index (χ0n) is 10.5. The topological polar surface area (TPSA) is 101 Å². The number of hydrogen-bond acceptors (Lipinski definition) is 3. The van der Waals surface area contributed by atoms with Crippen LogP contribution in [-0.2, 0) is 14.4 Å². The van der Waals surface area contributed by atoms with Gasteiger partial charge in [0, 0.05) is 17.4 Å². The first-order valence-corrected chi connectivity index (χ1v) is 6.76. The Bertz CT molecular complexity index is 575. The number of amides is 2. The van der Waals surface area contributed by atoms with E-state index in [4.69, 9.17) is 5.73 Å². The van der Waals surface area contributed by atoms with Gasteiger partial charge in [-0.3, -0.25) is 9.59 Å². The highest BCUT2D eigenvalue weighted by Gasteiger charge is 2.40. The summed E-state index contributed by atoms with van der Waals surface area (Å²) in [7, 11) is 0. The first-order chi connectivity index (χ1) is 9.40. The van der Waals surface area contributed by atoms with Crippen LogP contribution in [0.4, 0.5) is 0 Å². The molecule has 20 heavy (non-hydrogen) atoms. The van der Waals surface area contributed by atoms with Gasteiger partial charge in [-0.25, -0.2) is 4.79 Å². The molecule has 2 unspecified atom stereocenters. The highest BCUT2D eigenvalue weighted by molar-refractivity contribution is 9.10. The molecule has 106 valence electrons. The molecule has 0 aliphatic carbocycles. The molecule has 0 radical (unpaired) electrons. The smallest absolute Gasteiger partial charge is 0.331 e. The molecule has 6 nitrogen and oxygen atoms in total. The third-order valence-corrected chi connectivity index (χ3v) is 3.76. The minimum absolute atomic E-state index is 0.0346. The minimum atomic E-state index is -1.14. The Morgan fingerprint density at radius 1 is 1.45 bits per heavy atom. The standard InChI is InChI=1S/C13H13BrN2O4/c14-9-3-1-2-7(4-9)11(13(19)20)16-6-8(12(15)18)5-10(16)17/h1-4,8,11H,5-6H2,(H2,15,18)(H,19,20). The van der Waals surface area contributed by atoms with Crippen LogP contribution in [0.25, 0.3) is 0 Å². The van der Waals surface area contributed by atoms with E-state index in [1.165, 1.54) is 4.90 Å². The second-order valence-corrected chi connectivity index (χ2v) is 5.56. The molecule has 3 N–H and O–H groups in total. The van der Waals surface area contributed by atoms with E-state index < -0.39 is 23.8 Å². The van der Waals surface area contributed by atoms with E-state index >= 15 is 0 Å². The van der Waals surface area contributed by atoms with E-state index in [0.717, 1.165) is 4.47 Å². The van der Waals surface area contributed by atoms with Crippen LogP contribution in [-0.4, -0.2) is 34.3 Å². The van der Waals surface area contributed by atoms with Crippen molar-refractivity contribution in [2.45, 2.75) is 12.5 Å². The van der Waals surface area contributed by atoms with Gasteiger partial charge in [-0.2, -0.15) is 0 Å². The van der Waals surface area contributed by atoms with Crippen molar-refractivity contribution in [2.75, 3.05) is 6.54 Å². The van der Waals surface area contributed by atoms with Gasteiger partial charge in [-0.1, -0.05) is 28.1 Å². The molecule has 0 saturated carbocycles. The second-order valence-electron chi connectivity index (χ2n) is 4.65. The van der Waals surface area contributed by atoms with E-state index in [9.17, 15) is 19.5 Å². The maximum absolute atomic E-state index is 11.9. The number of nitrogens with zero attached hydrogens (tertiary/aromatic N) is 1. The number of carbonyl (C=O) groups excluding carboxylic acids is 2. The van der Waals surface area contributed by atoms with Gasteiger partial charge >= 0.3 is 5.97 Å². The number of carboxylic acids is 1. The van der Waals surface area contributed by atoms with Crippen molar-refractivity contribution in [2.24, 2.45) is 11.7 Å². The Balaban J connectivity index is 2.33. The Hall–Kier alpha value is -1.89. The number of hydrogen-bond donors (Lipinski definition) is 2. The van der Waals surface area contributed by atoms with E-state index in [1.54, 1.807) is 24.3 Å². The monoisotopic (exact) mass is 340 g/mol. The van der Waals surface area contributed by atoms with Crippen LogP contribution in [0, 0.1) is 5.92 Å². The first-order valence-electron chi connectivity index (χ1n) is 5.97. The van der Waals surface area contributed by atoms with E-state index in [2.05, 4.69) is 15.9 Å². The van der Waals surface area contributed by atoms with Crippen molar-refractivity contribution in [3.8, 4) is 0 Å². The molecule has 2 rings (SSSR count). The molecule has 1 heterocycles. The number of nitrogens with two attached hydrogens (primary N) is 1. The highest BCUT2D eigenvalue weighted by atomic mass is 79.9. The molecule has 1 saturated heterocycles. The van der Waals surface area contributed by atoms with Crippen LogP contribution in [0.15, 0.2) is 28.7 Å². The number of halogens is 1. The van der Waals surface area contributed by atoms with Gasteiger partial charge in [0.05, 0.1) is 5.92 Å². The number of carbonyl (C=O) groups is 3. The van der Waals surface area contributed by atoms with Crippen LogP contribution in [0.3, 0.4) is 0 Å². The van der Waals surface area contributed by atoms with Crippen molar-refractivity contribution in [1.82, 2.24) is 4.90 Å². The average Bonchev–Trinajstić information content (AvgIpc) is 2.72. The van der Waals surface area contributed by atoms with Crippen molar-refractivity contribution in [3.05, 3.63) is 34.3 Å². The maximum atomic E-state index is 11.9. The van der Waals surface area contributed by atoms with Gasteiger partial charge in [0.25, 0.3) is 0 Å². The quantitative estimate of drug-likeness (QED) is 0.850. The van der Waals surface area contributed by atoms with Crippen molar-refractivity contribution < 1.29 is 19.5 Å². The van der Waals surface area contributed by atoms with Crippen LogP contribution < -0.4 is 5.73 Å². The average molecular weight is 341 g/mol. The van der Waals surface area contributed by atoms with Gasteiger partial charge in [0.1, 0.15) is 0 Å². The molecule has 0 spiro atoms. The molecular formula is C13H13BrN2O4. The summed E-state index contributed by atoms with van der Waals surface area (Å²) in [5.74, 6) is -2.72. The van der Waals surface area contributed by atoms with Crippen LogP contribution >= 0.6 is 15.9 Å². The van der Waals surface area contributed by atoms with E-state index in [1.807, 2.05) is 0 Å². The fourth-order valence-electron chi connectivity index (χ4n) is 2.30. The van der Waals surface area contributed by atoms with Gasteiger partial charge in [-0.05, 0) is 17.7 Å². The molecule has 1 aliphatic heterocycles. The fraction of sp³-hybridized carbons (Fsp3) is 0.308. The number of primary amides is 1. The fourth-order valence-corrected chi connectivity index (χ4v) is 2.72. The maximum Gasteiger partial charge on any atom is 0.331 e. The summed E-state index contributed by atoms with van der Waals surface area (Å²) in [5.41, 5.74) is 5.67. The summed E-state index contributed by atoms with van der Waals surface area (Å²) in [5, 5.41) is 9.40. The molecule has 1 aromatic rings. The summed E-state index contributed by atoms with van der Waals surface area (Å²) >= 11 is 3.27. The molecule has 2 amide bonds. The lowest BCUT2D eigenvalue weighted by Crippen LogP contribution is -2.36. The Morgan fingerprint density at radius 3 is 2.65 bits per heavy atom. The number of likely N-dealkylation sites (tertiary alicyclic amines) is 1. The number of rotatable bonds is 4. The van der Waals surface area contributed by atoms with Gasteiger partial charge in [-0.15, -0.1) is 0 Å². The highest BCUT2D eigenvalue weighted by Crippen LogP contribution is 2.30. The van der Waals surface area contributed by atoms with Crippen molar-refractivity contribution in [1.29, 1.82) is 0 Å². The van der Waals surface area contributed by atoms with Crippen molar-refractivity contribution >= 4 is 33.7 Å². The zero-order chi connectivity index (χ0) is 14.9. The predicted octanol–water partition coefficient (Wildman–Crippen LogP) is 0.909. The molecular weight excluding hydrogens is 328 g/mol. The molecule has 7 heteroatoms. The van der Waals surface area contributed by atoms with Crippen LogP contribution in [0.2, 0.25) is 0 Å². The molecule has 1 fully saturated rings. The van der Waals surface area contributed by atoms with Gasteiger partial charge in [0.15, 0.2) is 6.04 Å². The number of benzene rings is 1. The zero-order valence-corrected chi connectivity index (χ0v) is 12.0. The first kappa shape index (κ1) is 14.5. The Kier molecular flexibility index (Phi) is 4.08. The Morgan fingerprint density at radius 2 is 2.15 bits per heavy atom. The normalized spacial score (nSPS) is 19.9. The second kappa shape index (κ2) is 5.62. The number of carboxylic acid groups (broad SMARTS) is 1. The summed E-state index contributed by atoms with van der Waals surface area (Å²) < 4.78 is 0.722. The van der Waals surface area contributed by atoms with Crippen LogP contribution in [0.1, 0.15) is 18.0 Å². The van der Waals surface area contributed by atoms with E-state index in [0.29, 0.717) is 5.56 Å². The molecule has 2 atom stereocenters. The molecule has 1 aliphatic rings. The lowest BCUT2D eigenvalue weighted by molar-refractivity contribution is -0.148. The summed E-state index contributed by atoms with van der Waals surface area (Å²) in [6.45, 7) is 0.0393. The van der Waals surface area contributed by atoms with Gasteiger partial charge < -0.3 is 15.7 Å². The minimum Gasteiger partial charge on any atom is -0.479 e.